The third kappa shape index (κ3) is 0.992. The first-order valence-electron chi connectivity index (χ1n) is 4.24. The molecule has 4 nitrogen and oxygen atoms in total. The van der Waals surface area contributed by atoms with Gasteiger partial charge in [0, 0.05) is 18.5 Å². The highest BCUT2D eigenvalue weighted by molar-refractivity contribution is 5.44. The Morgan fingerprint density at radius 2 is 2.50 bits per heavy atom. The van der Waals surface area contributed by atoms with Gasteiger partial charge < -0.3 is 10.5 Å². The number of anilines is 1. The fourth-order valence-corrected chi connectivity index (χ4v) is 1.54. The predicted octanol–water partition coefficient (Wildman–Crippen LogP) is 0.558. The molecule has 0 unspecified atom stereocenters. The zero-order valence-electron chi connectivity index (χ0n) is 7.21. The molecule has 0 radical (unpaired) electrons. The Kier molecular flexibility index (Phi) is 1.77. The van der Waals surface area contributed by atoms with E-state index in [1.165, 1.54) is 5.56 Å². The first-order valence-corrected chi connectivity index (χ1v) is 4.24. The van der Waals surface area contributed by atoms with E-state index < -0.39 is 0 Å². The van der Waals surface area contributed by atoms with Crippen molar-refractivity contribution in [2.45, 2.75) is 26.5 Å². The van der Waals surface area contributed by atoms with Crippen molar-refractivity contribution in [3.63, 3.8) is 0 Å². The van der Waals surface area contributed by atoms with Gasteiger partial charge in [0.25, 0.3) is 0 Å². The van der Waals surface area contributed by atoms with Gasteiger partial charge in [0.2, 0.25) is 0 Å². The van der Waals surface area contributed by atoms with E-state index in [9.17, 15) is 0 Å². The Hall–Kier alpha value is -1.03. The molecule has 1 aromatic heterocycles. The average molecular weight is 167 g/mol. The lowest BCUT2D eigenvalue weighted by Gasteiger charge is -2.09. The van der Waals surface area contributed by atoms with Crippen LogP contribution >= 0.6 is 0 Å². The van der Waals surface area contributed by atoms with Crippen LogP contribution in [0, 0.1) is 0 Å². The number of nitrogen functional groups attached to an aromatic ring is 1. The molecule has 2 heterocycles. The van der Waals surface area contributed by atoms with E-state index in [1.807, 2.05) is 11.6 Å². The quantitative estimate of drug-likeness (QED) is 0.664. The molecule has 0 atom stereocenters. The van der Waals surface area contributed by atoms with Gasteiger partial charge in [0.15, 0.2) is 0 Å². The molecule has 1 aromatic rings. The highest BCUT2D eigenvalue weighted by atomic mass is 16.5. The molecule has 1 aliphatic heterocycles. The van der Waals surface area contributed by atoms with Crippen LogP contribution in [0.3, 0.4) is 0 Å². The first-order chi connectivity index (χ1) is 5.83. The van der Waals surface area contributed by atoms with Gasteiger partial charge in [-0.3, -0.25) is 0 Å². The normalized spacial score (nSPS) is 16.1. The number of hydrogen-bond acceptors (Lipinski definition) is 3. The van der Waals surface area contributed by atoms with Gasteiger partial charge in [-0.05, 0) is 6.92 Å². The molecule has 0 fully saturated rings. The highest BCUT2D eigenvalue weighted by Gasteiger charge is 2.17. The van der Waals surface area contributed by atoms with E-state index in [0.29, 0.717) is 6.61 Å². The maximum Gasteiger partial charge on any atom is 0.125 e. The summed E-state index contributed by atoms with van der Waals surface area (Å²) in [6.45, 7) is 4.26. The van der Waals surface area contributed by atoms with Crippen molar-refractivity contribution < 1.29 is 4.74 Å². The molecule has 66 valence electrons. The molecule has 0 saturated carbocycles. The van der Waals surface area contributed by atoms with E-state index in [1.54, 1.807) is 0 Å². The van der Waals surface area contributed by atoms with E-state index in [4.69, 9.17) is 10.5 Å². The molecule has 1 aliphatic rings. The van der Waals surface area contributed by atoms with Crippen molar-refractivity contribution >= 4 is 5.82 Å². The number of aromatic nitrogens is 2. The number of nitrogens with two attached hydrogens (primary N) is 1. The van der Waals surface area contributed by atoms with E-state index in [-0.39, 0.29) is 0 Å². The van der Waals surface area contributed by atoms with E-state index >= 15 is 0 Å². The van der Waals surface area contributed by atoms with Crippen LogP contribution in [-0.2, 0) is 24.3 Å². The summed E-state index contributed by atoms with van der Waals surface area (Å²) < 4.78 is 7.11. The van der Waals surface area contributed by atoms with Gasteiger partial charge in [-0.2, -0.15) is 5.10 Å². The summed E-state index contributed by atoms with van der Waals surface area (Å²) in [4.78, 5) is 0. The highest BCUT2D eigenvalue weighted by Crippen LogP contribution is 2.21. The number of nitrogens with zero attached hydrogens (tertiary/aromatic N) is 2. The van der Waals surface area contributed by atoms with Gasteiger partial charge in [0.1, 0.15) is 5.82 Å². The summed E-state index contributed by atoms with van der Waals surface area (Å²) in [6.07, 6.45) is 0.904. The lowest BCUT2D eigenvalue weighted by Crippen LogP contribution is -2.09. The Bertz CT molecular complexity index is 293. The monoisotopic (exact) mass is 167 g/mol. The summed E-state index contributed by atoms with van der Waals surface area (Å²) in [5.74, 6) is 0.816. The van der Waals surface area contributed by atoms with Gasteiger partial charge in [-0.25, -0.2) is 4.68 Å². The van der Waals surface area contributed by atoms with E-state index in [0.717, 1.165) is 31.1 Å². The third-order valence-corrected chi connectivity index (χ3v) is 2.21. The number of rotatable bonds is 1. The van der Waals surface area contributed by atoms with Crippen LogP contribution in [0.1, 0.15) is 18.2 Å². The van der Waals surface area contributed by atoms with E-state index in [2.05, 4.69) is 5.10 Å². The Morgan fingerprint density at radius 1 is 1.67 bits per heavy atom. The minimum Gasteiger partial charge on any atom is -0.384 e. The maximum absolute atomic E-state index is 5.88. The van der Waals surface area contributed by atoms with Crippen LogP contribution in [0.5, 0.6) is 0 Å². The fraction of sp³-hybridized carbons (Fsp3) is 0.625. The van der Waals surface area contributed by atoms with Crippen molar-refractivity contribution in [3.05, 3.63) is 11.3 Å². The van der Waals surface area contributed by atoms with Gasteiger partial charge >= 0.3 is 0 Å². The number of aryl methyl sites for hydroxylation is 1. The van der Waals surface area contributed by atoms with Crippen LogP contribution in [0.25, 0.3) is 0 Å². The second-order valence-corrected chi connectivity index (χ2v) is 2.93. The molecule has 0 spiro atoms. The molecule has 0 saturated heterocycles. The summed E-state index contributed by atoms with van der Waals surface area (Å²) >= 11 is 0. The predicted molar refractivity (Wildman–Crippen MR) is 45.7 cm³/mol. The minimum atomic E-state index is 0.618. The molecular formula is C8H13N3O. The van der Waals surface area contributed by atoms with Gasteiger partial charge in [-0.15, -0.1) is 0 Å². The molecule has 4 heteroatoms. The van der Waals surface area contributed by atoms with Crippen LogP contribution < -0.4 is 5.73 Å². The second kappa shape index (κ2) is 2.79. The molecule has 0 aromatic carbocycles. The summed E-state index contributed by atoms with van der Waals surface area (Å²) in [5.41, 5.74) is 8.08. The van der Waals surface area contributed by atoms with Gasteiger partial charge in [0.05, 0.1) is 18.9 Å². The summed E-state index contributed by atoms with van der Waals surface area (Å²) in [7, 11) is 0. The molecule has 0 aliphatic carbocycles. The lowest BCUT2D eigenvalue weighted by atomic mass is 10.1. The van der Waals surface area contributed by atoms with Gasteiger partial charge in [-0.1, -0.05) is 0 Å². The number of hydrogen-bond donors (Lipinski definition) is 1. The topological polar surface area (TPSA) is 53.1 Å². The molecule has 2 N–H and O–H groups in total. The van der Waals surface area contributed by atoms with Crippen LogP contribution in [0.4, 0.5) is 5.82 Å². The number of ether oxygens (including phenoxy) is 1. The Morgan fingerprint density at radius 3 is 3.17 bits per heavy atom. The minimum absolute atomic E-state index is 0.618. The van der Waals surface area contributed by atoms with Crippen molar-refractivity contribution in [1.82, 2.24) is 9.78 Å². The standard InChI is InChI=1S/C8H13N3O/c1-2-11-8(9)6-3-4-12-5-7(6)10-11/h2-5,9H2,1H3. The fourth-order valence-electron chi connectivity index (χ4n) is 1.54. The zero-order valence-corrected chi connectivity index (χ0v) is 7.21. The first kappa shape index (κ1) is 7.61. The van der Waals surface area contributed by atoms with Crippen LogP contribution in [-0.4, -0.2) is 16.4 Å². The smallest absolute Gasteiger partial charge is 0.125 e. The van der Waals surface area contributed by atoms with Crippen LogP contribution in [0.15, 0.2) is 0 Å². The molecule has 12 heavy (non-hydrogen) atoms. The lowest BCUT2D eigenvalue weighted by molar-refractivity contribution is 0.108. The third-order valence-electron chi connectivity index (χ3n) is 2.21. The summed E-state index contributed by atoms with van der Waals surface area (Å²) in [5, 5.41) is 4.34. The largest absolute Gasteiger partial charge is 0.384 e. The Balaban J connectivity index is 2.44. The molecule has 2 rings (SSSR count). The van der Waals surface area contributed by atoms with Crippen molar-refractivity contribution in [3.8, 4) is 0 Å². The van der Waals surface area contributed by atoms with Crippen molar-refractivity contribution in [1.29, 1.82) is 0 Å². The molecular weight excluding hydrogens is 154 g/mol. The van der Waals surface area contributed by atoms with Crippen molar-refractivity contribution in [2.24, 2.45) is 0 Å². The summed E-state index contributed by atoms with van der Waals surface area (Å²) in [6, 6.07) is 0. The van der Waals surface area contributed by atoms with Crippen molar-refractivity contribution in [2.75, 3.05) is 12.3 Å². The molecule has 0 amide bonds. The maximum atomic E-state index is 5.88. The molecule has 0 bridgehead atoms. The SMILES string of the molecule is CCn1nc2c(c1N)CCOC2. The number of fused-ring (bicyclic) bond motifs is 1. The second-order valence-electron chi connectivity index (χ2n) is 2.93. The zero-order chi connectivity index (χ0) is 8.55. The Labute approximate surface area is 71.3 Å². The van der Waals surface area contributed by atoms with Crippen LogP contribution in [0.2, 0.25) is 0 Å². The average Bonchev–Trinajstić information content (AvgIpc) is 2.44.